The zero-order chi connectivity index (χ0) is 17.9. The second-order valence-electron chi connectivity index (χ2n) is 5.87. The minimum atomic E-state index is -0.171. The smallest absolute Gasteiger partial charge is 0.243 e. The van der Waals surface area contributed by atoms with Gasteiger partial charge < -0.3 is 10.2 Å². The summed E-state index contributed by atoms with van der Waals surface area (Å²) in [5, 5.41) is 20.4. The lowest BCUT2D eigenvalue weighted by Crippen LogP contribution is -2.31. The first-order valence-corrected chi connectivity index (χ1v) is 7.66. The number of nitriles is 1. The Morgan fingerprint density at radius 1 is 1.21 bits per heavy atom. The normalized spacial score (nSPS) is 10.2. The molecule has 1 aromatic heterocycles. The number of nitrogens with one attached hydrogen (secondary N) is 1. The molecule has 1 heterocycles. The lowest BCUT2D eigenvalue weighted by molar-refractivity contribution is -0.114. The van der Waals surface area contributed by atoms with Gasteiger partial charge in [0, 0.05) is 12.7 Å². The number of likely N-dealkylation sites (N-methyl/N-ethyl adjacent to an activating group) is 1. The van der Waals surface area contributed by atoms with Crippen LogP contribution in [0.3, 0.4) is 0 Å². The summed E-state index contributed by atoms with van der Waals surface area (Å²) >= 11 is 0. The van der Waals surface area contributed by atoms with Crippen LogP contribution in [0.5, 0.6) is 0 Å². The fourth-order valence-electron chi connectivity index (χ4n) is 2.36. The predicted octanol–water partition coefficient (Wildman–Crippen LogP) is 2.66. The van der Waals surface area contributed by atoms with Crippen molar-refractivity contribution in [3.63, 3.8) is 0 Å². The van der Waals surface area contributed by atoms with Crippen molar-refractivity contribution in [1.82, 2.24) is 10.2 Å². The highest BCUT2D eigenvalue weighted by atomic mass is 16.2. The Balaban J connectivity index is 2.17. The Morgan fingerprint density at radius 3 is 2.58 bits per heavy atom. The number of benzene rings is 1. The van der Waals surface area contributed by atoms with Crippen molar-refractivity contribution in [1.29, 1.82) is 5.26 Å². The van der Waals surface area contributed by atoms with Gasteiger partial charge in [-0.25, -0.2) is 0 Å². The molecule has 0 atom stereocenters. The van der Waals surface area contributed by atoms with Crippen LogP contribution in [0.15, 0.2) is 18.2 Å². The van der Waals surface area contributed by atoms with E-state index in [1.165, 1.54) is 0 Å². The second-order valence-corrected chi connectivity index (χ2v) is 5.87. The van der Waals surface area contributed by atoms with Crippen molar-refractivity contribution >= 4 is 17.4 Å². The fourth-order valence-corrected chi connectivity index (χ4v) is 2.36. The molecule has 1 N–H and O–H groups in total. The van der Waals surface area contributed by atoms with Gasteiger partial charge in [0.15, 0.2) is 5.82 Å². The quantitative estimate of drug-likeness (QED) is 0.935. The number of aromatic nitrogens is 2. The van der Waals surface area contributed by atoms with Gasteiger partial charge >= 0.3 is 0 Å². The summed E-state index contributed by atoms with van der Waals surface area (Å²) < 4.78 is 0. The number of carbonyl (C=O) groups excluding carboxylic acids is 1. The van der Waals surface area contributed by atoms with Crippen LogP contribution in [0.4, 0.5) is 11.5 Å². The number of nitrogens with zero attached hydrogens (tertiary/aromatic N) is 4. The van der Waals surface area contributed by atoms with Crippen LogP contribution in [0, 0.1) is 39.0 Å². The molecular weight excluding hydrogens is 302 g/mol. The molecular formula is C18H21N5O. The first kappa shape index (κ1) is 17.4. The Hall–Kier alpha value is -2.94. The average molecular weight is 323 g/mol. The molecule has 0 bridgehead atoms. The molecule has 0 spiro atoms. The molecule has 24 heavy (non-hydrogen) atoms. The summed E-state index contributed by atoms with van der Waals surface area (Å²) in [6.07, 6.45) is 0. The summed E-state index contributed by atoms with van der Waals surface area (Å²) in [7, 11) is 1.72. The first-order valence-electron chi connectivity index (χ1n) is 7.66. The second kappa shape index (κ2) is 7.09. The van der Waals surface area contributed by atoms with Crippen molar-refractivity contribution in [3.8, 4) is 6.07 Å². The van der Waals surface area contributed by atoms with Crippen LogP contribution in [-0.4, -0.2) is 29.7 Å². The highest BCUT2D eigenvalue weighted by Crippen LogP contribution is 2.21. The molecule has 124 valence electrons. The Bertz CT molecular complexity index is 823. The van der Waals surface area contributed by atoms with Crippen molar-refractivity contribution in [2.24, 2.45) is 0 Å². The number of amides is 1. The minimum Gasteiger partial charge on any atom is -0.348 e. The summed E-state index contributed by atoms with van der Waals surface area (Å²) in [4.78, 5) is 14.0. The van der Waals surface area contributed by atoms with Gasteiger partial charge in [0.1, 0.15) is 11.6 Å². The maximum atomic E-state index is 12.3. The topological polar surface area (TPSA) is 81.9 Å². The van der Waals surface area contributed by atoms with E-state index in [9.17, 15) is 10.1 Å². The van der Waals surface area contributed by atoms with Gasteiger partial charge in [0.2, 0.25) is 5.91 Å². The molecule has 0 fully saturated rings. The molecule has 0 radical (unpaired) electrons. The van der Waals surface area contributed by atoms with Crippen molar-refractivity contribution < 1.29 is 4.79 Å². The van der Waals surface area contributed by atoms with Gasteiger partial charge in [0.05, 0.1) is 12.2 Å². The van der Waals surface area contributed by atoms with E-state index in [2.05, 4.69) is 21.6 Å². The van der Waals surface area contributed by atoms with E-state index in [0.29, 0.717) is 17.1 Å². The summed E-state index contributed by atoms with van der Waals surface area (Å²) in [5.74, 6) is 0.242. The third-order valence-electron chi connectivity index (χ3n) is 4.17. The van der Waals surface area contributed by atoms with Crippen LogP contribution >= 0.6 is 0 Å². The van der Waals surface area contributed by atoms with E-state index in [4.69, 9.17) is 0 Å². The standard InChI is InChI=1S/C18H21N5O/c1-11-7-6-8-16(12(11)2)20-17(24)10-23(5)18-15(9-19)13(3)14(4)21-22-18/h6-8H,10H2,1-5H3,(H,20,24). The number of rotatable bonds is 4. The molecule has 0 saturated heterocycles. The van der Waals surface area contributed by atoms with Gasteiger partial charge in [-0.3, -0.25) is 4.79 Å². The zero-order valence-electron chi connectivity index (χ0n) is 14.6. The largest absolute Gasteiger partial charge is 0.348 e. The predicted molar refractivity (Wildman–Crippen MR) is 94.0 cm³/mol. The molecule has 2 rings (SSSR count). The summed E-state index contributed by atoms with van der Waals surface area (Å²) in [5.41, 5.74) is 4.89. The number of aryl methyl sites for hydroxylation is 2. The van der Waals surface area contributed by atoms with Crippen molar-refractivity contribution in [2.75, 3.05) is 23.8 Å². The van der Waals surface area contributed by atoms with E-state index in [1.807, 2.05) is 39.0 Å². The number of hydrogen-bond acceptors (Lipinski definition) is 5. The highest BCUT2D eigenvalue weighted by molar-refractivity contribution is 5.94. The Labute approximate surface area is 142 Å². The number of hydrogen-bond donors (Lipinski definition) is 1. The Kier molecular flexibility index (Phi) is 5.14. The van der Waals surface area contributed by atoms with Crippen LogP contribution in [0.25, 0.3) is 0 Å². The van der Waals surface area contributed by atoms with Gasteiger partial charge in [-0.15, -0.1) is 5.10 Å². The van der Waals surface area contributed by atoms with Gasteiger partial charge in [-0.05, 0) is 50.5 Å². The third kappa shape index (κ3) is 3.51. The molecule has 1 aromatic carbocycles. The van der Waals surface area contributed by atoms with Gasteiger partial charge in [-0.1, -0.05) is 12.1 Å². The van der Waals surface area contributed by atoms with Crippen LogP contribution in [0.2, 0.25) is 0 Å². The van der Waals surface area contributed by atoms with Crippen LogP contribution < -0.4 is 10.2 Å². The van der Waals surface area contributed by atoms with Gasteiger partial charge in [0.25, 0.3) is 0 Å². The SMILES string of the molecule is Cc1cccc(NC(=O)CN(C)c2nnc(C)c(C)c2C#N)c1C. The molecule has 2 aromatic rings. The average Bonchev–Trinajstić information content (AvgIpc) is 2.54. The van der Waals surface area contributed by atoms with E-state index in [-0.39, 0.29) is 12.5 Å². The van der Waals surface area contributed by atoms with E-state index in [1.54, 1.807) is 18.9 Å². The molecule has 0 unspecified atom stereocenters. The first-order chi connectivity index (χ1) is 11.3. The molecule has 0 saturated carbocycles. The molecule has 0 aliphatic heterocycles. The maximum absolute atomic E-state index is 12.3. The lowest BCUT2D eigenvalue weighted by Gasteiger charge is -2.20. The van der Waals surface area contributed by atoms with E-state index in [0.717, 1.165) is 22.4 Å². The van der Waals surface area contributed by atoms with Gasteiger partial charge in [-0.2, -0.15) is 10.4 Å². The lowest BCUT2D eigenvalue weighted by atomic mass is 10.1. The van der Waals surface area contributed by atoms with Crippen LogP contribution in [0.1, 0.15) is 27.9 Å². The Morgan fingerprint density at radius 2 is 1.92 bits per heavy atom. The fraction of sp³-hybridized carbons (Fsp3) is 0.333. The summed E-state index contributed by atoms with van der Waals surface area (Å²) in [6.45, 7) is 7.69. The molecule has 0 aliphatic rings. The van der Waals surface area contributed by atoms with E-state index < -0.39 is 0 Å². The molecule has 0 aliphatic carbocycles. The molecule has 1 amide bonds. The number of anilines is 2. The summed E-state index contributed by atoms with van der Waals surface area (Å²) in [6, 6.07) is 7.93. The van der Waals surface area contributed by atoms with E-state index >= 15 is 0 Å². The van der Waals surface area contributed by atoms with Crippen molar-refractivity contribution in [2.45, 2.75) is 27.7 Å². The van der Waals surface area contributed by atoms with Crippen LogP contribution in [-0.2, 0) is 4.79 Å². The maximum Gasteiger partial charge on any atom is 0.243 e. The highest BCUT2D eigenvalue weighted by Gasteiger charge is 2.17. The number of carbonyl (C=O) groups is 1. The molecule has 6 nitrogen and oxygen atoms in total. The third-order valence-corrected chi connectivity index (χ3v) is 4.17. The zero-order valence-corrected chi connectivity index (χ0v) is 14.6. The monoisotopic (exact) mass is 323 g/mol. The molecule has 6 heteroatoms. The van der Waals surface area contributed by atoms with Crippen molar-refractivity contribution in [3.05, 3.63) is 46.1 Å². The minimum absolute atomic E-state index is 0.0826.